The number of aliphatic hydroxyl groups is 1. The van der Waals surface area contributed by atoms with E-state index >= 15 is 0 Å². The molecule has 0 aliphatic rings. The second kappa shape index (κ2) is 3.05. The van der Waals surface area contributed by atoms with Crippen molar-refractivity contribution in [2.75, 3.05) is 0 Å². The van der Waals surface area contributed by atoms with E-state index in [0.29, 0.717) is 0 Å². The average molecular weight is 154 g/mol. The molecule has 0 aromatic carbocycles. The van der Waals surface area contributed by atoms with Crippen LogP contribution in [0.3, 0.4) is 0 Å². The molecule has 0 saturated carbocycles. The minimum atomic E-state index is -0.404. The van der Waals surface area contributed by atoms with Gasteiger partial charge in [0, 0.05) is 18.3 Å². The largest absolute Gasteiger partial charge is 0.389 e. The van der Waals surface area contributed by atoms with E-state index in [1.165, 1.54) is 0 Å². The zero-order valence-electron chi connectivity index (χ0n) is 7.20. The van der Waals surface area contributed by atoms with Gasteiger partial charge in [-0.05, 0) is 13.3 Å². The van der Waals surface area contributed by atoms with Gasteiger partial charge in [0.2, 0.25) is 0 Å². The summed E-state index contributed by atoms with van der Waals surface area (Å²) in [6.07, 6.45) is 2.24. The van der Waals surface area contributed by atoms with Gasteiger partial charge in [0.1, 0.15) is 0 Å². The number of aryl methyl sites for hydroxylation is 1. The fourth-order valence-corrected chi connectivity index (χ4v) is 1.26. The Hall–Kier alpha value is -0.830. The highest BCUT2D eigenvalue weighted by molar-refractivity contribution is 5.19. The van der Waals surface area contributed by atoms with Gasteiger partial charge in [-0.3, -0.25) is 4.68 Å². The summed E-state index contributed by atoms with van der Waals surface area (Å²) >= 11 is 0. The Morgan fingerprint density at radius 1 is 1.73 bits per heavy atom. The Bertz CT molecular complexity index is 240. The number of hydrogen-bond donors (Lipinski definition) is 1. The maximum Gasteiger partial charge on any atom is 0.0795 e. The van der Waals surface area contributed by atoms with E-state index in [4.69, 9.17) is 0 Å². The van der Waals surface area contributed by atoms with Crippen molar-refractivity contribution in [1.29, 1.82) is 0 Å². The van der Waals surface area contributed by atoms with Crippen molar-refractivity contribution in [2.45, 2.75) is 26.4 Å². The van der Waals surface area contributed by atoms with Gasteiger partial charge in [-0.1, -0.05) is 6.92 Å². The van der Waals surface area contributed by atoms with Crippen molar-refractivity contribution in [3.05, 3.63) is 17.5 Å². The van der Waals surface area contributed by atoms with Gasteiger partial charge < -0.3 is 5.11 Å². The molecule has 11 heavy (non-hydrogen) atoms. The van der Waals surface area contributed by atoms with Gasteiger partial charge in [-0.2, -0.15) is 5.10 Å². The van der Waals surface area contributed by atoms with Crippen LogP contribution >= 0.6 is 0 Å². The van der Waals surface area contributed by atoms with E-state index in [9.17, 15) is 5.11 Å². The normalized spacial score (nSPS) is 13.5. The summed E-state index contributed by atoms with van der Waals surface area (Å²) in [7, 11) is 1.89. The van der Waals surface area contributed by atoms with Crippen molar-refractivity contribution in [3.63, 3.8) is 0 Å². The number of aliphatic hydroxyl groups excluding tert-OH is 1. The van der Waals surface area contributed by atoms with Crippen LogP contribution in [0, 0.1) is 0 Å². The van der Waals surface area contributed by atoms with Crippen LogP contribution in [0.15, 0.2) is 6.20 Å². The monoisotopic (exact) mass is 154 g/mol. The molecule has 0 fully saturated rings. The van der Waals surface area contributed by atoms with Crippen LogP contribution in [0.4, 0.5) is 0 Å². The van der Waals surface area contributed by atoms with Crippen molar-refractivity contribution >= 4 is 0 Å². The minimum absolute atomic E-state index is 0.404. The molecule has 1 heterocycles. The predicted octanol–water partition coefficient (Wildman–Crippen LogP) is 1.04. The first-order valence-electron chi connectivity index (χ1n) is 3.85. The number of rotatable bonds is 2. The predicted molar refractivity (Wildman–Crippen MR) is 43.2 cm³/mol. The fraction of sp³-hybridized carbons (Fsp3) is 0.625. The Morgan fingerprint density at radius 2 is 2.36 bits per heavy atom. The second-order valence-electron chi connectivity index (χ2n) is 2.70. The first kappa shape index (κ1) is 8.27. The number of hydrogen-bond acceptors (Lipinski definition) is 2. The first-order chi connectivity index (χ1) is 5.16. The molecule has 0 aliphatic carbocycles. The molecule has 0 bridgehead atoms. The highest BCUT2D eigenvalue weighted by atomic mass is 16.3. The Kier molecular flexibility index (Phi) is 2.29. The Balaban J connectivity index is 3.05. The minimum Gasteiger partial charge on any atom is -0.389 e. The zero-order valence-corrected chi connectivity index (χ0v) is 7.20. The molecule has 1 aromatic heterocycles. The number of nitrogens with zero attached hydrogens (tertiary/aromatic N) is 2. The van der Waals surface area contributed by atoms with E-state index in [0.717, 1.165) is 17.7 Å². The van der Waals surface area contributed by atoms with Crippen LogP contribution in [0.5, 0.6) is 0 Å². The molecule has 3 heteroatoms. The van der Waals surface area contributed by atoms with Crippen LogP contribution in [-0.2, 0) is 13.5 Å². The average Bonchev–Trinajstić information content (AvgIpc) is 2.30. The van der Waals surface area contributed by atoms with Crippen molar-refractivity contribution in [2.24, 2.45) is 7.05 Å². The molecule has 62 valence electrons. The lowest BCUT2D eigenvalue weighted by Crippen LogP contribution is -2.00. The molecule has 1 unspecified atom stereocenters. The third-order valence-electron chi connectivity index (χ3n) is 1.88. The molecular formula is C8H14N2O. The second-order valence-corrected chi connectivity index (χ2v) is 2.70. The summed E-state index contributed by atoms with van der Waals surface area (Å²) in [4.78, 5) is 0. The van der Waals surface area contributed by atoms with Gasteiger partial charge in [-0.25, -0.2) is 0 Å². The van der Waals surface area contributed by atoms with E-state index < -0.39 is 6.10 Å². The zero-order chi connectivity index (χ0) is 8.43. The van der Waals surface area contributed by atoms with Gasteiger partial charge in [0.15, 0.2) is 0 Å². The van der Waals surface area contributed by atoms with Crippen molar-refractivity contribution < 1.29 is 5.11 Å². The van der Waals surface area contributed by atoms with Crippen molar-refractivity contribution in [1.82, 2.24) is 9.78 Å². The van der Waals surface area contributed by atoms with Gasteiger partial charge in [-0.15, -0.1) is 0 Å². The van der Waals surface area contributed by atoms with Crippen LogP contribution in [0.25, 0.3) is 0 Å². The van der Waals surface area contributed by atoms with E-state index in [2.05, 4.69) is 12.0 Å². The summed E-state index contributed by atoms with van der Waals surface area (Å²) < 4.78 is 1.81. The van der Waals surface area contributed by atoms with Crippen molar-refractivity contribution in [3.8, 4) is 0 Å². The summed E-state index contributed by atoms with van der Waals surface area (Å²) in [5, 5.41) is 13.4. The maximum absolute atomic E-state index is 9.30. The molecule has 1 atom stereocenters. The molecule has 0 aliphatic heterocycles. The van der Waals surface area contributed by atoms with E-state index in [-0.39, 0.29) is 0 Å². The molecule has 0 spiro atoms. The van der Waals surface area contributed by atoms with Gasteiger partial charge >= 0.3 is 0 Å². The Labute approximate surface area is 66.7 Å². The lowest BCUT2D eigenvalue weighted by Gasteiger charge is -2.04. The highest BCUT2D eigenvalue weighted by Crippen LogP contribution is 2.16. The van der Waals surface area contributed by atoms with Crippen LogP contribution in [-0.4, -0.2) is 14.9 Å². The van der Waals surface area contributed by atoms with Gasteiger partial charge in [0.05, 0.1) is 12.3 Å². The standard InChI is InChI=1S/C8H14N2O/c1-4-8-7(6(2)11)5-9-10(8)3/h5-6,11H,4H2,1-3H3. The smallest absolute Gasteiger partial charge is 0.0795 e. The molecule has 1 aromatic rings. The van der Waals surface area contributed by atoms with Crippen LogP contribution in [0.1, 0.15) is 31.2 Å². The molecule has 0 saturated heterocycles. The summed E-state index contributed by atoms with van der Waals surface area (Å²) in [5.41, 5.74) is 2.05. The lowest BCUT2D eigenvalue weighted by molar-refractivity contribution is 0.198. The molecule has 1 rings (SSSR count). The third kappa shape index (κ3) is 1.43. The van der Waals surface area contributed by atoms with Crippen LogP contribution < -0.4 is 0 Å². The molecule has 0 radical (unpaired) electrons. The third-order valence-corrected chi connectivity index (χ3v) is 1.88. The van der Waals surface area contributed by atoms with Gasteiger partial charge in [0.25, 0.3) is 0 Å². The SMILES string of the molecule is CCc1c(C(C)O)cnn1C. The highest BCUT2D eigenvalue weighted by Gasteiger charge is 2.10. The summed E-state index contributed by atoms with van der Waals surface area (Å²) in [6, 6.07) is 0. The van der Waals surface area contributed by atoms with E-state index in [1.807, 2.05) is 11.7 Å². The molecule has 1 N–H and O–H groups in total. The van der Waals surface area contributed by atoms with Crippen LogP contribution in [0.2, 0.25) is 0 Å². The molecule has 0 amide bonds. The lowest BCUT2D eigenvalue weighted by atomic mass is 10.1. The fourth-order valence-electron chi connectivity index (χ4n) is 1.26. The quantitative estimate of drug-likeness (QED) is 0.691. The summed E-state index contributed by atoms with van der Waals surface area (Å²) in [5.74, 6) is 0. The maximum atomic E-state index is 9.30. The Morgan fingerprint density at radius 3 is 2.73 bits per heavy atom. The number of aromatic nitrogens is 2. The van der Waals surface area contributed by atoms with E-state index in [1.54, 1.807) is 13.1 Å². The molecule has 3 nitrogen and oxygen atoms in total. The topological polar surface area (TPSA) is 38.1 Å². The summed E-state index contributed by atoms with van der Waals surface area (Å²) in [6.45, 7) is 3.82. The first-order valence-corrected chi connectivity index (χ1v) is 3.85. The molecular weight excluding hydrogens is 140 g/mol.